The number of benzene rings is 1. The summed E-state index contributed by atoms with van der Waals surface area (Å²) in [6, 6.07) is 7.13. The minimum Gasteiger partial charge on any atom is -0.489 e. The molecule has 1 N–H and O–H groups in total. The van der Waals surface area contributed by atoms with Gasteiger partial charge < -0.3 is 10.1 Å². The Kier molecular flexibility index (Phi) is 5.47. The lowest BCUT2D eigenvalue weighted by atomic mass is 10.0. The Hall–Kier alpha value is -1.02. The molecule has 0 spiro atoms. The van der Waals surface area contributed by atoms with Gasteiger partial charge in [0.1, 0.15) is 11.9 Å². The molecule has 112 valence electrons. The lowest BCUT2D eigenvalue weighted by molar-refractivity contribution is 0.172. The third-order valence-corrected chi connectivity index (χ3v) is 4.18. The molecule has 1 aliphatic rings. The molecule has 0 radical (unpaired) electrons. The first-order chi connectivity index (χ1) is 9.61. The van der Waals surface area contributed by atoms with Gasteiger partial charge in [-0.2, -0.15) is 0 Å². The van der Waals surface area contributed by atoms with E-state index >= 15 is 0 Å². The van der Waals surface area contributed by atoms with Crippen LogP contribution >= 0.6 is 0 Å². The maximum atomic E-state index is 6.40. The van der Waals surface area contributed by atoms with E-state index in [0.29, 0.717) is 18.1 Å². The maximum Gasteiger partial charge on any atom is 0.123 e. The Bertz CT molecular complexity index is 427. The third-order valence-electron chi connectivity index (χ3n) is 4.18. The molecule has 0 aliphatic heterocycles. The zero-order chi connectivity index (χ0) is 14.5. The van der Waals surface area contributed by atoms with Crippen molar-refractivity contribution in [3.63, 3.8) is 0 Å². The average molecular weight is 275 g/mol. The summed E-state index contributed by atoms with van der Waals surface area (Å²) in [5, 5.41) is 3.64. The lowest BCUT2D eigenvalue weighted by Crippen LogP contribution is -2.39. The van der Waals surface area contributed by atoms with Gasteiger partial charge in [-0.25, -0.2) is 0 Å². The van der Waals surface area contributed by atoms with E-state index in [4.69, 9.17) is 4.74 Å². The molecule has 1 aliphatic carbocycles. The van der Waals surface area contributed by atoms with Crippen molar-refractivity contribution in [1.82, 2.24) is 5.32 Å². The fraction of sp³-hybridized carbons (Fsp3) is 0.667. The highest BCUT2D eigenvalue weighted by atomic mass is 16.5. The molecule has 20 heavy (non-hydrogen) atoms. The first-order valence-corrected chi connectivity index (χ1v) is 8.12. The SMILES string of the molecule is CCCNC1CCCC1Oc1cc(C)ccc1C(C)C. The van der Waals surface area contributed by atoms with Gasteiger partial charge in [-0.05, 0) is 62.3 Å². The fourth-order valence-electron chi connectivity index (χ4n) is 3.01. The van der Waals surface area contributed by atoms with E-state index < -0.39 is 0 Å². The van der Waals surface area contributed by atoms with Crippen LogP contribution in [0.3, 0.4) is 0 Å². The normalized spacial score (nSPS) is 22.4. The zero-order valence-corrected chi connectivity index (χ0v) is 13.4. The van der Waals surface area contributed by atoms with Crippen LogP contribution in [0.1, 0.15) is 63.5 Å². The van der Waals surface area contributed by atoms with Crippen molar-refractivity contribution in [2.75, 3.05) is 6.54 Å². The number of ether oxygens (including phenoxy) is 1. The lowest BCUT2D eigenvalue weighted by Gasteiger charge is -2.24. The van der Waals surface area contributed by atoms with Gasteiger partial charge in [-0.3, -0.25) is 0 Å². The minimum atomic E-state index is 0.334. The molecule has 1 fully saturated rings. The number of rotatable bonds is 6. The molecule has 0 saturated heterocycles. The standard InChI is InChI=1S/C18H29NO/c1-5-11-19-16-7-6-8-17(16)20-18-12-14(4)9-10-15(18)13(2)3/h9-10,12-13,16-17,19H,5-8,11H2,1-4H3. The van der Waals surface area contributed by atoms with Crippen molar-refractivity contribution in [3.05, 3.63) is 29.3 Å². The highest BCUT2D eigenvalue weighted by Crippen LogP contribution is 2.31. The Morgan fingerprint density at radius 1 is 1.30 bits per heavy atom. The van der Waals surface area contributed by atoms with Crippen molar-refractivity contribution in [2.45, 2.75) is 71.4 Å². The number of hydrogen-bond donors (Lipinski definition) is 1. The number of aryl methyl sites for hydroxylation is 1. The molecule has 0 amide bonds. The maximum absolute atomic E-state index is 6.40. The molecule has 2 heteroatoms. The topological polar surface area (TPSA) is 21.3 Å². The van der Waals surface area contributed by atoms with Crippen LogP contribution < -0.4 is 10.1 Å². The molecule has 0 heterocycles. The summed E-state index contributed by atoms with van der Waals surface area (Å²) in [5.74, 6) is 1.60. The van der Waals surface area contributed by atoms with Gasteiger partial charge >= 0.3 is 0 Å². The highest BCUT2D eigenvalue weighted by Gasteiger charge is 2.29. The number of nitrogens with one attached hydrogen (secondary N) is 1. The molecular formula is C18H29NO. The van der Waals surface area contributed by atoms with Gasteiger partial charge in [0.15, 0.2) is 0 Å². The molecule has 1 saturated carbocycles. The van der Waals surface area contributed by atoms with Crippen LogP contribution in [-0.4, -0.2) is 18.7 Å². The first-order valence-electron chi connectivity index (χ1n) is 8.12. The summed E-state index contributed by atoms with van der Waals surface area (Å²) in [5.41, 5.74) is 2.61. The van der Waals surface area contributed by atoms with Crippen LogP contribution in [0, 0.1) is 6.92 Å². The van der Waals surface area contributed by atoms with Crippen molar-refractivity contribution in [2.24, 2.45) is 0 Å². The van der Waals surface area contributed by atoms with E-state index in [1.807, 2.05) is 0 Å². The van der Waals surface area contributed by atoms with E-state index in [-0.39, 0.29) is 0 Å². The van der Waals surface area contributed by atoms with Gasteiger partial charge in [-0.1, -0.05) is 32.9 Å². The summed E-state index contributed by atoms with van der Waals surface area (Å²) < 4.78 is 6.40. The smallest absolute Gasteiger partial charge is 0.123 e. The van der Waals surface area contributed by atoms with Crippen molar-refractivity contribution < 1.29 is 4.74 Å². The van der Waals surface area contributed by atoms with E-state index in [0.717, 1.165) is 12.3 Å². The second kappa shape index (κ2) is 7.12. The Labute approximate surface area is 123 Å². The van der Waals surface area contributed by atoms with E-state index in [9.17, 15) is 0 Å². The second-order valence-corrected chi connectivity index (χ2v) is 6.34. The van der Waals surface area contributed by atoms with Crippen molar-refractivity contribution in [1.29, 1.82) is 0 Å². The van der Waals surface area contributed by atoms with E-state index in [1.165, 1.54) is 36.8 Å². The van der Waals surface area contributed by atoms with Crippen LogP contribution in [0.2, 0.25) is 0 Å². The van der Waals surface area contributed by atoms with Gasteiger partial charge in [0.25, 0.3) is 0 Å². The van der Waals surface area contributed by atoms with Crippen molar-refractivity contribution in [3.8, 4) is 5.75 Å². The fourth-order valence-corrected chi connectivity index (χ4v) is 3.01. The van der Waals surface area contributed by atoms with Gasteiger partial charge in [0.2, 0.25) is 0 Å². The predicted molar refractivity (Wildman–Crippen MR) is 85.6 cm³/mol. The Balaban J connectivity index is 2.10. The number of hydrogen-bond acceptors (Lipinski definition) is 2. The molecule has 1 aromatic carbocycles. The molecule has 2 atom stereocenters. The van der Waals surface area contributed by atoms with Gasteiger partial charge in [0, 0.05) is 6.04 Å². The predicted octanol–water partition coefficient (Wildman–Crippen LogP) is 4.42. The second-order valence-electron chi connectivity index (χ2n) is 6.34. The van der Waals surface area contributed by atoms with Crippen LogP contribution in [0.25, 0.3) is 0 Å². The summed E-state index contributed by atoms with van der Waals surface area (Å²) in [4.78, 5) is 0. The summed E-state index contributed by atoms with van der Waals surface area (Å²) in [6.07, 6.45) is 5.21. The molecule has 0 bridgehead atoms. The van der Waals surface area contributed by atoms with E-state index in [2.05, 4.69) is 51.2 Å². The quantitative estimate of drug-likeness (QED) is 0.830. The van der Waals surface area contributed by atoms with Crippen LogP contribution in [0.15, 0.2) is 18.2 Å². The van der Waals surface area contributed by atoms with Crippen LogP contribution in [-0.2, 0) is 0 Å². The van der Waals surface area contributed by atoms with Gasteiger partial charge in [0.05, 0.1) is 0 Å². The molecular weight excluding hydrogens is 246 g/mol. The summed E-state index contributed by atoms with van der Waals surface area (Å²) >= 11 is 0. The van der Waals surface area contributed by atoms with Crippen molar-refractivity contribution >= 4 is 0 Å². The molecule has 0 aromatic heterocycles. The summed E-state index contributed by atoms with van der Waals surface area (Å²) in [6.45, 7) is 9.92. The largest absolute Gasteiger partial charge is 0.489 e. The third kappa shape index (κ3) is 3.76. The van der Waals surface area contributed by atoms with Gasteiger partial charge in [-0.15, -0.1) is 0 Å². The highest BCUT2D eigenvalue weighted by molar-refractivity contribution is 5.39. The first kappa shape index (κ1) is 15.4. The molecule has 2 nitrogen and oxygen atoms in total. The summed E-state index contributed by atoms with van der Waals surface area (Å²) in [7, 11) is 0. The van der Waals surface area contributed by atoms with E-state index in [1.54, 1.807) is 0 Å². The minimum absolute atomic E-state index is 0.334. The molecule has 2 rings (SSSR count). The Morgan fingerprint density at radius 2 is 2.10 bits per heavy atom. The van der Waals surface area contributed by atoms with Crippen LogP contribution in [0.5, 0.6) is 5.75 Å². The monoisotopic (exact) mass is 275 g/mol. The zero-order valence-electron chi connectivity index (χ0n) is 13.4. The molecule has 1 aromatic rings. The average Bonchev–Trinajstić information content (AvgIpc) is 2.83. The molecule has 2 unspecified atom stereocenters. The van der Waals surface area contributed by atoms with Crippen LogP contribution in [0.4, 0.5) is 0 Å². The Morgan fingerprint density at radius 3 is 2.80 bits per heavy atom.